The molecular weight excluding hydrogens is 436 g/mol. The molecule has 0 saturated carbocycles. The predicted molar refractivity (Wildman–Crippen MR) is 132 cm³/mol. The van der Waals surface area contributed by atoms with Crippen LogP contribution in [-0.2, 0) is 10.2 Å². The van der Waals surface area contributed by atoms with Gasteiger partial charge in [0.05, 0.1) is 7.11 Å². The van der Waals surface area contributed by atoms with Crippen molar-refractivity contribution in [2.75, 3.05) is 12.4 Å². The van der Waals surface area contributed by atoms with E-state index in [2.05, 4.69) is 41.6 Å². The van der Waals surface area contributed by atoms with Gasteiger partial charge in [0.2, 0.25) is 11.0 Å². The first-order chi connectivity index (χ1) is 15.6. The molecule has 3 aromatic rings. The van der Waals surface area contributed by atoms with E-state index in [9.17, 15) is 9.59 Å². The Balaban J connectivity index is 1.68. The molecule has 0 aliphatic heterocycles. The number of carbonyl (C=O) groups is 2. The van der Waals surface area contributed by atoms with E-state index in [1.165, 1.54) is 11.3 Å². The summed E-state index contributed by atoms with van der Waals surface area (Å²) in [5.74, 6) is 0.0136. The quantitative estimate of drug-likeness (QED) is 0.516. The summed E-state index contributed by atoms with van der Waals surface area (Å²) in [4.78, 5) is 25.7. The Kier molecular flexibility index (Phi) is 7.48. The topological polar surface area (TPSA) is 93.2 Å². The molecule has 0 bridgehead atoms. The Morgan fingerprint density at radius 2 is 1.61 bits per heavy atom. The monoisotopic (exact) mass is 466 g/mol. The van der Waals surface area contributed by atoms with E-state index in [0.29, 0.717) is 15.7 Å². The van der Waals surface area contributed by atoms with Crippen molar-refractivity contribution in [3.63, 3.8) is 0 Å². The van der Waals surface area contributed by atoms with E-state index < -0.39 is 6.04 Å². The number of nitrogens with one attached hydrogen (secondary N) is 2. The van der Waals surface area contributed by atoms with Crippen LogP contribution in [0.4, 0.5) is 5.13 Å². The number of aromatic nitrogens is 2. The van der Waals surface area contributed by atoms with Crippen molar-refractivity contribution >= 4 is 28.3 Å². The maximum atomic E-state index is 12.9. The molecule has 0 aliphatic rings. The molecule has 2 aromatic carbocycles. The summed E-state index contributed by atoms with van der Waals surface area (Å²) < 4.78 is 5.17. The van der Waals surface area contributed by atoms with Gasteiger partial charge in [-0.15, -0.1) is 10.2 Å². The third kappa shape index (κ3) is 6.16. The van der Waals surface area contributed by atoms with E-state index in [1.807, 2.05) is 50.2 Å². The van der Waals surface area contributed by atoms with Crippen LogP contribution in [0.5, 0.6) is 5.75 Å². The standard InChI is InChI=1S/C25H30N4O3S/c1-15(2)20(26-21(30)16-7-11-18(12-8-16)25(3,4)5)22(31)27-24-29-28-23(33-24)17-9-13-19(32-6)14-10-17/h7-15,20H,1-6H3,(H,26,30)(H,27,29,31). The second-order valence-corrected chi connectivity index (χ2v) is 10.1. The molecule has 1 heterocycles. The van der Waals surface area contributed by atoms with Crippen LogP contribution in [0.1, 0.15) is 50.5 Å². The van der Waals surface area contributed by atoms with Crippen molar-refractivity contribution < 1.29 is 14.3 Å². The van der Waals surface area contributed by atoms with Crippen molar-refractivity contribution in [2.24, 2.45) is 5.92 Å². The van der Waals surface area contributed by atoms with Gasteiger partial charge in [0.1, 0.15) is 16.8 Å². The fraction of sp³-hybridized carbons (Fsp3) is 0.360. The minimum Gasteiger partial charge on any atom is -0.497 e. The molecule has 33 heavy (non-hydrogen) atoms. The highest BCUT2D eigenvalue weighted by Gasteiger charge is 2.26. The van der Waals surface area contributed by atoms with E-state index >= 15 is 0 Å². The fourth-order valence-electron chi connectivity index (χ4n) is 3.19. The van der Waals surface area contributed by atoms with Crippen LogP contribution in [0.3, 0.4) is 0 Å². The predicted octanol–water partition coefficient (Wildman–Crippen LogP) is 4.90. The van der Waals surface area contributed by atoms with Gasteiger partial charge in [0.15, 0.2) is 0 Å². The third-order valence-electron chi connectivity index (χ3n) is 5.24. The Morgan fingerprint density at radius 3 is 2.15 bits per heavy atom. The molecule has 0 spiro atoms. The number of methoxy groups -OCH3 is 1. The minimum atomic E-state index is -0.715. The van der Waals surface area contributed by atoms with E-state index in [1.54, 1.807) is 19.2 Å². The molecule has 2 amide bonds. The number of ether oxygens (including phenoxy) is 1. The summed E-state index contributed by atoms with van der Waals surface area (Å²) in [6.07, 6.45) is 0. The van der Waals surface area contributed by atoms with Crippen molar-refractivity contribution in [3.05, 3.63) is 59.7 Å². The highest BCUT2D eigenvalue weighted by atomic mass is 32.1. The number of rotatable bonds is 7. The summed E-state index contributed by atoms with van der Waals surface area (Å²) in [5, 5.41) is 14.9. The second-order valence-electron chi connectivity index (χ2n) is 9.15. The zero-order valence-electron chi connectivity index (χ0n) is 19.8. The Labute approximate surface area is 198 Å². The molecule has 8 heteroatoms. The van der Waals surface area contributed by atoms with E-state index in [4.69, 9.17) is 4.74 Å². The molecular formula is C25H30N4O3S. The summed E-state index contributed by atoms with van der Waals surface area (Å²) >= 11 is 1.27. The molecule has 0 radical (unpaired) electrons. The molecule has 3 rings (SSSR count). The van der Waals surface area contributed by atoms with Crippen LogP contribution in [0.25, 0.3) is 10.6 Å². The highest BCUT2D eigenvalue weighted by Crippen LogP contribution is 2.28. The maximum absolute atomic E-state index is 12.9. The van der Waals surface area contributed by atoms with Crippen molar-refractivity contribution in [2.45, 2.75) is 46.1 Å². The SMILES string of the molecule is COc1ccc(-c2nnc(NC(=O)C(NC(=O)c3ccc(C(C)(C)C)cc3)C(C)C)s2)cc1. The lowest BCUT2D eigenvalue weighted by molar-refractivity contribution is -0.118. The van der Waals surface area contributed by atoms with Gasteiger partial charge in [-0.2, -0.15) is 0 Å². The first-order valence-corrected chi connectivity index (χ1v) is 11.6. The average Bonchev–Trinajstić information content (AvgIpc) is 3.25. The molecule has 0 aliphatic carbocycles. The van der Waals surface area contributed by atoms with Gasteiger partial charge in [0.25, 0.3) is 5.91 Å². The van der Waals surface area contributed by atoms with Gasteiger partial charge < -0.3 is 10.1 Å². The van der Waals surface area contributed by atoms with E-state index in [-0.39, 0.29) is 23.1 Å². The Bertz CT molecular complexity index is 1100. The van der Waals surface area contributed by atoms with Crippen LogP contribution in [-0.4, -0.2) is 35.2 Å². The number of anilines is 1. The number of nitrogens with zero attached hydrogens (tertiary/aromatic N) is 2. The third-order valence-corrected chi connectivity index (χ3v) is 6.13. The first-order valence-electron chi connectivity index (χ1n) is 10.8. The molecule has 0 fully saturated rings. The van der Waals surface area contributed by atoms with Gasteiger partial charge in [-0.25, -0.2) is 0 Å². The first kappa shape index (κ1) is 24.4. The van der Waals surface area contributed by atoms with Crippen LogP contribution < -0.4 is 15.4 Å². The zero-order chi connectivity index (χ0) is 24.2. The molecule has 0 saturated heterocycles. The number of hydrogen-bond donors (Lipinski definition) is 2. The maximum Gasteiger partial charge on any atom is 0.251 e. The number of carbonyl (C=O) groups excluding carboxylic acids is 2. The molecule has 2 N–H and O–H groups in total. The van der Waals surface area contributed by atoms with Gasteiger partial charge in [0, 0.05) is 11.1 Å². The molecule has 1 unspecified atom stereocenters. The fourth-order valence-corrected chi connectivity index (χ4v) is 3.94. The van der Waals surface area contributed by atoms with Crippen LogP contribution >= 0.6 is 11.3 Å². The van der Waals surface area contributed by atoms with Gasteiger partial charge in [-0.05, 0) is 53.3 Å². The van der Waals surface area contributed by atoms with Crippen LogP contribution in [0.15, 0.2) is 48.5 Å². The smallest absolute Gasteiger partial charge is 0.251 e. The Morgan fingerprint density at radius 1 is 0.970 bits per heavy atom. The summed E-state index contributed by atoms with van der Waals surface area (Å²) in [6, 6.07) is 14.2. The number of amides is 2. The van der Waals surface area contributed by atoms with Crippen molar-refractivity contribution in [1.29, 1.82) is 0 Å². The lowest BCUT2D eigenvalue weighted by Crippen LogP contribution is -2.47. The van der Waals surface area contributed by atoms with Gasteiger partial charge in [-0.3, -0.25) is 14.9 Å². The largest absolute Gasteiger partial charge is 0.497 e. The minimum absolute atomic E-state index is 0.00176. The average molecular weight is 467 g/mol. The summed E-state index contributed by atoms with van der Waals surface area (Å²) in [7, 11) is 1.61. The number of benzene rings is 2. The summed E-state index contributed by atoms with van der Waals surface area (Å²) in [5.41, 5.74) is 2.53. The normalized spacial score (nSPS) is 12.3. The molecule has 174 valence electrons. The lowest BCUT2D eigenvalue weighted by Gasteiger charge is -2.22. The van der Waals surface area contributed by atoms with Crippen molar-refractivity contribution in [3.8, 4) is 16.3 Å². The summed E-state index contributed by atoms with van der Waals surface area (Å²) in [6.45, 7) is 10.1. The second kappa shape index (κ2) is 10.1. The van der Waals surface area contributed by atoms with E-state index in [0.717, 1.165) is 16.9 Å². The van der Waals surface area contributed by atoms with Crippen molar-refractivity contribution in [1.82, 2.24) is 15.5 Å². The van der Waals surface area contributed by atoms with Crippen LogP contribution in [0, 0.1) is 5.92 Å². The molecule has 7 nitrogen and oxygen atoms in total. The van der Waals surface area contributed by atoms with Gasteiger partial charge in [-0.1, -0.05) is 58.1 Å². The zero-order valence-corrected chi connectivity index (χ0v) is 20.6. The number of hydrogen-bond acceptors (Lipinski definition) is 6. The highest BCUT2D eigenvalue weighted by molar-refractivity contribution is 7.18. The Hall–Kier alpha value is -3.26. The molecule has 1 aromatic heterocycles. The lowest BCUT2D eigenvalue weighted by atomic mass is 9.86. The van der Waals surface area contributed by atoms with Gasteiger partial charge >= 0.3 is 0 Å². The molecule has 1 atom stereocenters. The van der Waals surface area contributed by atoms with Crippen LogP contribution in [0.2, 0.25) is 0 Å².